The quantitative estimate of drug-likeness (QED) is 0.0237. The van der Waals surface area contributed by atoms with Gasteiger partial charge in [0.2, 0.25) is 12.3 Å². The number of carbonyl (C=O) groups is 5. The number of aromatic hydroxyl groups is 4. The molecule has 45 heavy (non-hydrogen) atoms. The number of guanidine groups is 1. The molecule has 0 aromatic heterocycles. The molecule has 0 aliphatic heterocycles. The van der Waals surface area contributed by atoms with E-state index in [4.69, 9.17) is 28.9 Å². The van der Waals surface area contributed by atoms with Crippen molar-refractivity contribution in [3.8, 4) is 23.0 Å². The average Bonchev–Trinajstić information content (AvgIpc) is 2.99. The molecular weight excluding hydrogens is 643 g/mol. The minimum atomic E-state index is -1.47. The van der Waals surface area contributed by atoms with Gasteiger partial charge in [-0.1, -0.05) is 23.2 Å². The second-order valence-corrected chi connectivity index (χ2v) is 10.1. The molecule has 11 N–H and O–H groups in total. The smallest absolute Gasteiger partial charge is 0.326 e. The molecule has 0 unspecified atom stereocenters. The number of carboxylic acid groups (broad SMARTS) is 1. The minimum absolute atomic E-state index is 0.00540. The third-order valence-electron chi connectivity index (χ3n) is 6.11. The zero-order valence-electron chi connectivity index (χ0n) is 23.2. The van der Waals surface area contributed by atoms with E-state index in [1.165, 1.54) is 6.07 Å². The average molecular weight is 673 g/mol. The molecule has 0 radical (unpaired) electrons. The van der Waals surface area contributed by atoms with Gasteiger partial charge in [-0.3, -0.25) is 34.7 Å². The molecule has 0 heterocycles. The van der Waals surface area contributed by atoms with E-state index in [-0.39, 0.29) is 60.8 Å². The molecule has 2 aromatic rings. The second-order valence-electron chi connectivity index (χ2n) is 9.28. The number of nitrogens with one attached hydrogen (secondary N) is 3. The Kier molecular flexibility index (Phi) is 13.5. The Morgan fingerprint density at radius 3 is 1.91 bits per heavy atom. The van der Waals surface area contributed by atoms with Gasteiger partial charge >= 0.3 is 5.97 Å². The number of amides is 4. The van der Waals surface area contributed by atoms with E-state index < -0.39 is 70.3 Å². The van der Waals surface area contributed by atoms with Crippen LogP contribution in [-0.2, 0) is 14.4 Å². The molecule has 0 saturated carbocycles. The van der Waals surface area contributed by atoms with Gasteiger partial charge in [0.25, 0.3) is 11.8 Å². The lowest BCUT2D eigenvalue weighted by Gasteiger charge is -2.22. The number of aliphatic imine (C=N–C) groups is 1. The Balaban J connectivity index is 2.15. The van der Waals surface area contributed by atoms with E-state index in [2.05, 4.69) is 20.9 Å². The minimum Gasteiger partial charge on any atom is -0.504 e. The topological polar surface area (TPSA) is 284 Å². The van der Waals surface area contributed by atoms with Crippen LogP contribution in [0.2, 0.25) is 10.0 Å². The van der Waals surface area contributed by atoms with Crippen molar-refractivity contribution in [1.29, 1.82) is 0 Å². The van der Waals surface area contributed by atoms with Crippen LogP contribution < -0.4 is 21.7 Å². The highest BCUT2D eigenvalue weighted by atomic mass is 35.5. The van der Waals surface area contributed by atoms with Crippen LogP contribution in [0.4, 0.5) is 0 Å². The number of phenolic OH excluding ortho intramolecular Hbond substituents is 4. The number of halogens is 2. The molecule has 0 spiro atoms. The summed E-state index contributed by atoms with van der Waals surface area (Å²) in [6.07, 6.45) is -0.224. The Bertz CT molecular complexity index is 1470. The maximum absolute atomic E-state index is 13.1. The third kappa shape index (κ3) is 10.3. The lowest BCUT2D eigenvalue weighted by atomic mass is 10.1. The van der Waals surface area contributed by atoms with Crippen molar-refractivity contribution in [2.45, 2.75) is 37.8 Å². The van der Waals surface area contributed by atoms with Gasteiger partial charge < -0.3 is 41.9 Å². The third-order valence-corrected chi connectivity index (χ3v) is 6.72. The van der Waals surface area contributed by atoms with Gasteiger partial charge in [-0.2, -0.15) is 0 Å². The molecular formula is C26H30Cl2N6O11. The Morgan fingerprint density at radius 1 is 0.844 bits per heavy atom. The summed E-state index contributed by atoms with van der Waals surface area (Å²) in [4.78, 5) is 64.5. The fourth-order valence-corrected chi connectivity index (χ4v) is 4.04. The van der Waals surface area contributed by atoms with Gasteiger partial charge in [0.15, 0.2) is 29.0 Å². The van der Waals surface area contributed by atoms with Gasteiger partial charge in [-0.25, -0.2) is 9.86 Å². The lowest BCUT2D eigenvalue weighted by molar-refractivity contribution is -0.150. The first kappa shape index (κ1) is 36.2. The molecule has 2 rings (SSSR count). The molecule has 244 valence electrons. The van der Waals surface area contributed by atoms with E-state index in [0.717, 1.165) is 18.2 Å². The molecule has 0 aliphatic rings. The number of hydroxylamine groups is 2. The number of hydrogen-bond donors (Lipinski definition) is 10. The van der Waals surface area contributed by atoms with Crippen molar-refractivity contribution < 1.29 is 54.7 Å². The van der Waals surface area contributed by atoms with Crippen LogP contribution in [0.15, 0.2) is 29.3 Å². The van der Waals surface area contributed by atoms with E-state index in [9.17, 15) is 54.7 Å². The highest BCUT2D eigenvalue weighted by molar-refractivity contribution is 6.32. The van der Waals surface area contributed by atoms with Gasteiger partial charge in [0.05, 0.1) is 21.2 Å². The van der Waals surface area contributed by atoms with E-state index in [0.29, 0.717) is 5.06 Å². The summed E-state index contributed by atoms with van der Waals surface area (Å²) in [6, 6.07) is 1.63. The van der Waals surface area contributed by atoms with Gasteiger partial charge in [0.1, 0.15) is 12.1 Å². The fourth-order valence-electron chi connectivity index (χ4n) is 3.74. The molecule has 19 heteroatoms. The highest BCUT2D eigenvalue weighted by Gasteiger charge is 2.28. The summed E-state index contributed by atoms with van der Waals surface area (Å²) in [5.41, 5.74) is 4.92. The summed E-state index contributed by atoms with van der Waals surface area (Å²) in [5.74, 6) is -7.87. The molecule has 4 amide bonds. The van der Waals surface area contributed by atoms with Crippen LogP contribution in [0.25, 0.3) is 0 Å². The maximum Gasteiger partial charge on any atom is 0.326 e. The molecule has 17 nitrogen and oxygen atoms in total. The Morgan fingerprint density at radius 2 is 1.38 bits per heavy atom. The number of carbonyl (C=O) groups excluding carboxylic acids is 4. The molecule has 0 fully saturated rings. The number of phenols is 4. The van der Waals surface area contributed by atoms with Crippen molar-refractivity contribution >= 4 is 59.3 Å². The maximum atomic E-state index is 13.1. The second kappa shape index (κ2) is 16.7. The first-order valence-corrected chi connectivity index (χ1v) is 13.7. The van der Waals surface area contributed by atoms with Crippen molar-refractivity contribution in [2.24, 2.45) is 10.7 Å². The highest BCUT2D eigenvalue weighted by Crippen LogP contribution is 2.36. The van der Waals surface area contributed by atoms with Crippen LogP contribution in [0.1, 0.15) is 46.4 Å². The summed E-state index contributed by atoms with van der Waals surface area (Å²) >= 11 is 11.4. The van der Waals surface area contributed by atoms with Crippen LogP contribution in [0, 0.1) is 0 Å². The Labute approximate surface area is 264 Å². The standard InChI is InChI=1S/C26H30Cl2N6O11/c27-14-7-5-12(18(36)20(14)38)22(40)31-16(24(42)32-17(25(43)44)4-2-10-34(45)11-35)3-1-9-30-26(29)33-23(41)13-6-8-15(28)21(39)19(13)37/h5-8,11,16-17,36-39,45H,1-4,9-10H2,(H,31,40)(H,32,42)(H,43,44)(H3,29,30,33,41)/t16-,17-/m1/s1. The Hall–Kier alpha value is -5.00. The molecule has 0 bridgehead atoms. The van der Waals surface area contributed by atoms with Crippen LogP contribution >= 0.6 is 23.2 Å². The lowest BCUT2D eigenvalue weighted by Crippen LogP contribution is -2.51. The number of benzene rings is 2. The number of nitrogens with zero attached hydrogens (tertiary/aromatic N) is 2. The molecule has 2 atom stereocenters. The van der Waals surface area contributed by atoms with Crippen molar-refractivity contribution in [3.63, 3.8) is 0 Å². The van der Waals surface area contributed by atoms with E-state index >= 15 is 0 Å². The van der Waals surface area contributed by atoms with E-state index in [1.807, 2.05) is 0 Å². The van der Waals surface area contributed by atoms with E-state index in [1.54, 1.807) is 0 Å². The largest absolute Gasteiger partial charge is 0.504 e. The van der Waals surface area contributed by atoms with Crippen LogP contribution in [-0.4, -0.2) is 97.0 Å². The van der Waals surface area contributed by atoms with Gasteiger partial charge in [-0.15, -0.1) is 0 Å². The molecule has 0 aliphatic carbocycles. The zero-order chi connectivity index (χ0) is 33.8. The molecule has 2 aromatic carbocycles. The van der Waals surface area contributed by atoms with Crippen molar-refractivity contribution in [1.82, 2.24) is 21.0 Å². The van der Waals surface area contributed by atoms with Gasteiger partial charge in [-0.05, 0) is 49.9 Å². The predicted octanol–water partition coefficient (Wildman–Crippen LogP) is 0.636. The van der Waals surface area contributed by atoms with Crippen molar-refractivity contribution in [3.05, 3.63) is 45.4 Å². The number of aliphatic carboxylic acids is 1. The monoisotopic (exact) mass is 672 g/mol. The summed E-state index contributed by atoms with van der Waals surface area (Å²) in [5, 5.41) is 65.0. The SMILES string of the molecule is NC(=NCCC[C@@H](NC(=O)c1ccc(Cl)c(O)c1O)C(=O)N[C@H](CCCN(O)C=O)C(=O)O)NC(=O)c1ccc(Cl)c(O)c1O. The van der Waals surface area contributed by atoms with Gasteiger partial charge in [0, 0.05) is 13.1 Å². The van der Waals surface area contributed by atoms with Crippen LogP contribution in [0.5, 0.6) is 23.0 Å². The number of hydrogen-bond acceptors (Lipinski definition) is 11. The van der Waals surface area contributed by atoms with Crippen molar-refractivity contribution in [2.75, 3.05) is 13.1 Å². The zero-order valence-corrected chi connectivity index (χ0v) is 24.7. The number of nitrogens with two attached hydrogens (primary N) is 1. The predicted molar refractivity (Wildman–Crippen MR) is 157 cm³/mol. The first-order chi connectivity index (χ1) is 21.2. The summed E-state index contributed by atoms with van der Waals surface area (Å²) in [7, 11) is 0. The number of carboxylic acids is 1. The normalized spacial score (nSPS) is 12.5. The van der Waals surface area contributed by atoms with Crippen LogP contribution in [0.3, 0.4) is 0 Å². The summed E-state index contributed by atoms with van der Waals surface area (Å²) < 4.78 is 0. The number of rotatable bonds is 15. The fraction of sp³-hybridized carbons (Fsp3) is 0.308. The first-order valence-electron chi connectivity index (χ1n) is 12.9. The molecule has 0 saturated heterocycles. The summed E-state index contributed by atoms with van der Waals surface area (Å²) in [6.45, 7) is -0.339.